The van der Waals surface area contributed by atoms with E-state index in [4.69, 9.17) is 4.42 Å². The third-order valence-corrected chi connectivity index (χ3v) is 12.7. The van der Waals surface area contributed by atoms with Crippen molar-refractivity contribution >= 4 is 82.7 Å². The standard InChI is InChI=1S/C51H32N2OS/c1-2-13-31(14-3-1)32-16-10-17-34(29-32)53-44-25-9-8-21-39(44)47-41(24-12-26-45(47)53)51-52-43-27-28-46-48(50(43)55-51)40-23-11-22-38(49(40)54-46)42-30-33-15-4-5-18-35(33)36-19-6-7-20-37(36)42/h1-30,51-52H. The zero-order valence-corrected chi connectivity index (χ0v) is 30.5. The van der Waals surface area contributed by atoms with E-state index in [1.807, 2.05) is 11.8 Å². The summed E-state index contributed by atoms with van der Waals surface area (Å²) >= 11 is 1.89. The van der Waals surface area contributed by atoms with Crippen molar-refractivity contribution in [1.82, 2.24) is 4.57 Å². The van der Waals surface area contributed by atoms with E-state index in [-0.39, 0.29) is 5.37 Å². The SMILES string of the molecule is c1ccc(-c2cccc(-n3c4ccccc4c4c(C5Nc6ccc7oc8c(-c9cc%10ccccc%10c%10ccccc9%10)cccc8c7c6S5)cccc43)c2)cc1. The predicted molar refractivity (Wildman–Crippen MR) is 233 cm³/mol. The summed E-state index contributed by atoms with van der Waals surface area (Å²) in [5.41, 5.74) is 12.5. The fraction of sp³-hybridized carbons (Fsp3) is 0.0196. The largest absolute Gasteiger partial charge is 0.455 e. The Morgan fingerprint density at radius 3 is 2.11 bits per heavy atom. The molecule has 11 aromatic rings. The van der Waals surface area contributed by atoms with E-state index in [0.717, 1.165) is 33.5 Å². The number of anilines is 1. The lowest BCUT2D eigenvalue weighted by Gasteiger charge is -2.14. The highest BCUT2D eigenvalue weighted by Gasteiger charge is 2.30. The zero-order chi connectivity index (χ0) is 36.0. The Balaban J connectivity index is 1.00. The average Bonchev–Trinajstić information content (AvgIpc) is 3.96. The van der Waals surface area contributed by atoms with Crippen LogP contribution in [0.1, 0.15) is 10.9 Å². The molecule has 0 saturated heterocycles. The quantitative estimate of drug-likeness (QED) is 0.184. The molecule has 2 aromatic heterocycles. The molecule has 3 nitrogen and oxygen atoms in total. The molecule has 0 bridgehead atoms. The van der Waals surface area contributed by atoms with Crippen molar-refractivity contribution in [3.05, 3.63) is 188 Å². The van der Waals surface area contributed by atoms with E-state index in [1.165, 1.54) is 75.9 Å². The first-order valence-corrected chi connectivity index (χ1v) is 19.7. The summed E-state index contributed by atoms with van der Waals surface area (Å²) in [4.78, 5) is 1.23. The van der Waals surface area contributed by atoms with Crippen LogP contribution in [0.15, 0.2) is 191 Å². The number of thioether (sulfide) groups is 1. The van der Waals surface area contributed by atoms with Gasteiger partial charge in [-0.05, 0) is 86.3 Å². The van der Waals surface area contributed by atoms with Crippen LogP contribution in [0.5, 0.6) is 0 Å². The van der Waals surface area contributed by atoms with Gasteiger partial charge in [0, 0.05) is 43.4 Å². The van der Waals surface area contributed by atoms with Crippen molar-refractivity contribution in [1.29, 1.82) is 0 Å². The number of furan rings is 1. The highest BCUT2D eigenvalue weighted by atomic mass is 32.2. The number of para-hydroxylation sites is 2. The molecule has 1 aliphatic rings. The minimum absolute atomic E-state index is 0.0248. The number of benzene rings is 9. The Morgan fingerprint density at radius 1 is 0.491 bits per heavy atom. The summed E-state index contributed by atoms with van der Waals surface area (Å²) in [5.74, 6) is 0. The second-order valence-electron chi connectivity index (χ2n) is 14.4. The summed E-state index contributed by atoms with van der Waals surface area (Å²) in [5, 5.41) is 13.8. The fourth-order valence-corrected chi connectivity index (χ4v) is 10.3. The topological polar surface area (TPSA) is 30.1 Å². The minimum atomic E-state index is 0.0248. The van der Waals surface area contributed by atoms with Crippen molar-refractivity contribution in [3.8, 4) is 27.9 Å². The Bertz CT molecular complexity index is 3340. The van der Waals surface area contributed by atoms with Crippen LogP contribution in [0.25, 0.3) is 93.2 Å². The van der Waals surface area contributed by atoms with E-state index in [9.17, 15) is 0 Å². The molecule has 55 heavy (non-hydrogen) atoms. The van der Waals surface area contributed by atoms with Gasteiger partial charge in [0.2, 0.25) is 0 Å². The van der Waals surface area contributed by atoms with Crippen LogP contribution < -0.4 is 5.32 Å². The second kappa shape index (κ2) is 11.9. The van der Waals surface area contributed by atoms with Gasteiger partial charge < -0.3 is 14.3 Å². The van der Waals surface area contributed by atoms with Gasteiger partial charge in [-0.1, -0.05) is 151 Å². The molecule has 4 heteroatoms. The van der Waals surface area contributed by atoms with E-state index in [2.05, 4.69) is 192 Å². The zero-order valence-electron chi connectivity index (χ0n) is 29.7. The van der Waals surface area contributed by atoms with Crippen LogP contribution in [0, 0.1) is 0 Å². The van der Waals surface area contributed by atoms with E-state index in [0.29, 0.717) is 0 Å². The number of hydrogen-bond donors (Lipinski definition) is 1. The third-order valence-electron chi connectivity index (χ3n) is 11.4. The van der Waals surface area contributed by atoms with Gasteiger partial charge in [-0.25, -0.2) is 0 Å². The molecule has 0 fully saturated rings. The molecular formula is C51H32N2OS. The lowest BCUT2D eigenvalue weighted by atomic mass is 9.92. The Kier molecular flexibility index (Phi) is 6.63. The summed E-state index contributed by atoms with van der Waals surface area (Å²) in [6.45, 7) is 0. The van der Waals surface area contributed by atoms with Crippen molar-refractivity contribution in [2.45, 2.75) is 10.3 Å². The smallest absolute Gasteiger partial charge is 0.143 e. The molecule has 1 N–H and O–H groups in total. The molecule has 1 aliphatic heterocycles. The first-order valence-electron chi connectivity index (χ1n) is 18.8. The van der Waals surface area contributed by atoms with E-state index in [1.54, 1.807) is 0 Å². The minimum Gasteiger partial charge on any atom is -0.455 e. The molecule has 0 aliphatic carbocycles. The number of nitrogens with zero attached hydrogens (tertiary/aromatic N) is 1. The van der Waals surface area contributed by atoms with E-state index < -0.39 is 0 Å². The third kappa shape index (κ3) is 4.59. The van der Waals surface area contributed by atoms with Gasteiger partial charge in [0.15, 0.2) is 0 Å². The van der Waals surface area contributed by atoms with Crippen LogP contribution in [0.4, 0.5) is 5.69 Å². The number of hydrogen-bond acceptors (Lipinski definition) is 3. The molecule has 0 spiro atoms. The summed E-state index contributed by atoms with van der Waals surface area (Å²) in [6.07, 6.45) is 0. The number of nitrogens with one attached hydrogen (secondary N) is 1. The van der Waals surface area contributed by atoms with Crippen LogP contribution in [-0.4, -0.2) is 4.57 Å². The highest BCUT2D eigenvalue weighted by molar-refractivity contribution is 8.00. The lowest BCUT2D eigenvalue weighted by Crippen LogP contribution is -2.02. The maximum atomic E-state index is 6.84. The first kappa shape index (κ1) is 30.7. The molecule has 0 radical (unpaired) electrons. The lowest BCUT2D eigenvalue weighted by molar-refractivity contribution is 0.669. The maximum Gasteiger partial charge on any atom is 0.143 e. The molecule has 3 heterocycles. The van der Waals surface area contributed by atoms with Crippen molar-refractivity contribution in [2.24, 2.45) is 0 Å². The van der Waals surface area contributed by atoms with Gasteiger partial charge in [-0.15, -0.1) is 0 Å². The van der Waals surface area contributed by atoms with E-state index >= 15 is 0 Å². The predicted octanol–water partition coefficient (Wildman–Crippen LogP) is 14.5. The van der Waals surface area contributed by atoms with Gasteiger partial charge in [-0.2, -0.15) is 0 Å². The normalized spacial score (nSPS) is 14.1. The molecule has 1 atom stereocenters. The first-order chi connectivity index (χ1) is 27.3. The summed E-state index contributed by atoms with van der Waals surface area (Å²) in [6, 6.07) is 65.8. The molecule has 0 amide bonds. The molecule has 9 aromatic carbocycles. The molecule has 258 valence electrons. The van der Waals surface area contributed by atoms with Crippen LogP contribution in [0.3, 0.4) is 0 Å². The van der Waals surface area contributed by atoms with Gasteiger partial charge in [0.05, 0.1) is 11.0 Å². The van der Waals surface area contributed by atoms with Gasteiger partial charge in [0.25, 0.3) is 0 Å². The van der Waals surface area contributed by atoms with Crippen LogP contribution in [0.2, 0.25) is 0 Å². The van der Waals surface area contributed by atoms with Crippen LogP contribution >= 0.6 is 11.8 Å². The summed E-state index contributed by atoms with van der Waals surface area (Å²) < 4.78 is 9.27. The number of aromatic nitrogens is 1. The monoisotopic (exact) mass is 720 g/mol. The maximum absolute atomic E-state index is 6.84. The average molecular weight is 721 g/mol. The Labute approximate surface area is 321 Å². The molecule has 12 rings (SSSR count). The van der Waals surface area contributed by atoms with Gasteiger partial charge in [0.1, 0.15) is 16.5 Å². The highest BCUT2D eigenvalue weighted by Crippen LogP contribution is 2.54. The Morgan fingerprint density at radius 2 is 1.20 bits per heavy atom. The van der Waals surface area contributed by atoms with Crippen LogP contribution in [-0.2, 0) is 0 Å². The molecular weight excluding hydrogens is 689 g/mol. The second-order valence-corrected chi connectivity index (χ2v) is 15.6. The van der Waals surface area contributed by atoms with Crippen molar-refractivity contribution in [3.63, 3.8) is 0 Å². The van der Waals surface area contributed by atoms with Gasteiger partial charge in [-0.3, -0.25) is 0 Å². The fourth-order valence-electron chi connectivity index (χ4n) is 9.01. The number of rotatable bonds is 4. The Hall–Kier alpha value is -6.75. The van der Waals surface area contributed by atoms with Crippen molar-refractivity contribution in [2.75, 3.05) is 5.32 Å². The molecule has 0 saturated carbocycles. The van der Waals surface area contributed by atoms with Gasteiger partial charge >= 0.3 is 0 Å². The number of fused-ring (bicyclic) bond motifs is 11. The summed E-state index contributed by atoms with van der Waals surface area (Å²) in [7, 11) is 0. The molecule has 1 unspecified atom stereocenters. The van der Waals surface area contributed by atoms with Crippen molar-refractivity contribution < 1.29 is 4.42 Å².